The number of aliphatic imine (C=N–C) groups is 1. The molecule has 10 heteroatoms. The predicted octanol–water partition coefficient (Wildman–Crippen LogP) is 1.38. The second-order valence-corrected chi connectivity index (χ2v) is 8.56. The van der Waals surface area contributed by atoms with Gasteiger partial charge in [-0.2, -0.15) is 5.26 Å². The van der Waals surface area contributed by atoms with Crippen molar-refractivity contribution >= 4 is 29.7 Å². The zero-order valence-electron chi connectivity index (χ0n) is 19.8. The summed E-state index contributed by atoms with van der Waals surface area (Å²) in [5.41, 5.74) is 6.11. The standard InChI is InChI=1S/C25H30N6O4/c1-3-28-16-19(14-27)22(32)30-25(9-10-25)24(34)29-15-17-7-11-31(12-8-17)21-18(13-26)5-4-6-20(21)23(33)35-2/h3-6,14,16-17H,1,7-12,15,27H2,2H3,(H,29,34)(H,30,32)/b19-14+,28-16?. The van der Waals surface area contributed by atoms with Crippen LogP contribution >= 0.6 is 0 Å². The van der Waals surface area contributed by atoms with Crippen molar-refractivity contribution in [2.75, 3.05) is 31.6 Å². The molecule has 0 spiro atoms. The molecule has 2 amide bonds. The fraction of sp³-hybridized carbons (Fsp3) is 0.400. The summed E-state index contributed by atoms with van der Waals surface area (Å²) in [6.07, 6.45) is 6.38. The van der Waals surface area contributed by atoms with Crippen molar-refractivity contribution in [1.29, 1.82) is 5.26 Å². The highest BCUT2D eigenvalue weighted by molar-refractivity contribution is 6.13. The van der Waals surface area contributed by atoms with Crippen LogP contribution in [0.2, 0.25) is 0 Å². The van der Waals surface area contributed by atoms with Crippen molar-refractivity contribution < 1.29 is 19.1 Å². The van der Waals surface area contributed by atoms with E-state index in [2.05, 4.69) is 28.3 Å². The molecular formula is C25H30N6O4. The first-order valence-corrected chi connectivity index (χ1v) is 11.4. The van der Waals surface area contributed by atoms with Gasteiger partial charge < -0.3 is 26.0 Å². The highest BCUT2D eigenvalue weighted by Gasteiger charge is 2.51. The van der Waals surface area contributed by atoms with Gasteiger partial charge in [0.2, 0.25) is 5.91 Å². The van der Waals surface area contributed by atoms with Gasteiger partial charge in [-0.05, 0) is 43.7 Å². The van der Waals surface area contributed by atoms with Gasteiger partial charge in [0.05, 0.1) is 29.5 Å². The monoisotopic (exact) mass is 478 g/mol. The third-order valence-electron chi connectivity index (χ3n) is 6.34. The molecule has 1 aliphatic heterocycles. The van der Waals surface area contributed by atoms with E-state index in [1.54, 1.807) is 18.2 Å². The first kappa shape index (κ1) is 25.5. The van der Waals surface area contributed by atoms with Crippen molar-refractivity contribution in [3.63, 3.8) is 0 Å². The predicted molar refractivity (Wildman–Crippen MR) is 132 cm³/mol. The molecule has 184 valence electrons. The van der Waals surface area contributed by atoms with Crippen molar-refractivity contribution in [3.05, 3.63) is 53.9 Å². The summed E-state index contributed by atoms with van der Waals surface area (Å²) >= 11 is 0. The average molecular weight is 479 g/mol. The third kappa shape index (κ3) is 5.87. The number of nitrogens with two attached hydrogens (primary N) is 1. The summed E-state index contributed by atoms with van der Waals surface area (Å²) in [5, 5.41) is 15.3. The number of carbonyl (C=O) groups excluding carboxylic acids is 3. The normalized spacial score (nSPS) is 17.4. The van der Waals surface area contributed by atoms with E-state index in [0.29, 0.717) is 49.3 Å². The number of carbonyl (C=O) groups is 3. The number of methoxy groups -OCH3 is 1. The molecule has 1 aromatic carbocycles. The molecule has 0 unspecified atom stereocenters. The summed E-state index contributed by atoms with van der Waals surface area (Å²) in [6.45, 7) is 5.21. The molecule has 1 aliphatic carbocycles. The van der Waals surface area contributed by atoms with Gasteiger partial charge in [-0.25, -0.2) is 4.79 Å². The summed E-state index contributed by atoms with van der Waals surface area (Å²) in [5.74, 6) is -0.923. The Kier molecular flexibility index (Phi) is 8.25. The largest absolute Gasteiger partial charge is 0.465 e. The average Bonchev–Trinajstić information content (AvgIpc) is 3.67. The van der Waals surface area contributed by atoms with Crippen LogP contribution in [0.4, 0.5) is 5.69 Å². The molecule has 4 N–H and O–H groups in total. The number of nitriles is 1. The lowest BCUT2D eigenvalue weighted by atomic mass is 9.94. The van der Waals surface area contributed by atoms with Crippen LogP contribution in [-0.2, 0) is 14.3 Å². The Labute approximate surface area is 204 Å². The molecule has 1 saturated heterocycles. The van der Waals surface area contributed by atoms with Crippen LogP contribution in [0.25, 0.3) is 0 Å². The molecule has 0 bridgehead atoms. The van der Waals surface area contributed by atoms with Crippen LogP contribution in [0.3, 0.4) is 0 Å². The Morgan fingerprint density at radius 2 is 2.06 bits per heavy atom. The molecule has 0 radical (unpaired) electrons. The fourth-order valence-corrected chi connectivity index (χ4v) is 4.15. The number of ether oxygens (including phenoxy) is 1. The van der Waals surface area contributed by atoms with E-state index in [0.717, 1.165) is 19.0 Å². The van der Waals surface area contributed by atoms with Crippen molar-refractivity contribution in [2.45, 2.75) is 31.2 Å². The Morgan fingerprint density at radius 1 is 1.34 bits per heavy atom. The van der Waals surface area contributed by atoms with Gasteiger partial charge in [-0.3, -0.25) is 14.6 Å². The second kappa shape index (κ2) is 11.3. The molecule has 2 aliphatic rings. The minimum atomic E-state index is -0.921. The van der Waals surface area contributed by atoms with Crippen LogP contribution in [0.5, 0.6) is 0 Å². The maximum absolute atomic E-state index is 12.8. The number of rotatable bonds is 9. The van der Waals surface area contributed by atoms with E-state index >= 15 is 0 Å². The van der Waals surface area contributed by atoms with Crippen molar-refractivity contribution in [3.8, 4) is 6.07 Å². The summed E-state index contributed by atoms with van der Waals surface area (Å²) in [6, 6.07) is 7.17. The molecule has 3 rings (SSSR count). The van der Waals surface area contributed by atoms with Gasteiger partial charge in [0.15, 0.2) is 0 Å². The van der Waals surface area contributed by atoms with Gasteiger partial charge >= 0.3 is 5.97 Å². The van der Waals surface area contributed by atoms with Gasteiger partial charge in [0.25, 0.3) is 5.91 Å². The number of hydrogen-bond acceptors (Lipinski definition) is 8. The Hall–Kier alpha value is -4.13. The molecule has 1 heterocycles. The number of anilines is 1. The van der Waals surface area contributed by atoms with Crippen LogP contribution in [0.1, 0.15) is 41.6 Å². The van der Waals surface area contributed by atoms with Gasteiger partial charge in [0, 0.05) is 38.2 Å². The Bertz CT molecular complexity index is 1090. The molecule has 1 saturated carbocycles. The molecule has 35 heavy (non-hydrogen) atoms. The second-order valence-electron chi connectivity index (χ2n) is 8.56. The highest BCUT2D eigenvalue weighted by atomic mass is 16.5. The van der Waals surface area contributed by atoms with Gasteiger partial charge in [-0.15, -0.1) is 0 Å². The first-order chi connectivity index (χ1) is 16.9. The molecular weight excluding hydrogens is 448 g/mol. The van der Waals surface area contributed by atoms with Gasteiger partial charge in [-0.1, -0.05) is 12.6 Å². The van der Waals surface area contributed by atoms with Crippen LogP contribution in [-0.4, -0.2) is 56.3 Å². The third-order valence-corrected chi connectivity index (χ3v) is 6.34. The Morgan fingerprint density at radius 3 is 2.63 bits per heavy atom. The molecule has 1 aromatic rings. The van der Waals surface area contributed by atoms with E-state index in [1.165, 1.54) is 19.5 Å². The van der Waals surface area contributed by atoms with Gasteiger partial charge in [0.1, 0.15) is 11.6 Å². The van der Waals surface area contributed by atoms with E-state index < -0.39 is 17.4 Å². The zero-order valence-corrected chi connectivity index (χ0v) is 19.8. The number of nitrogens with one attached hydrogen (secondary N) is 2. The lowest BCUT2D eigenvalue weighted by molar-refractivity contribution is -0.128. The maximum atomic E-state index is 12.8. The van der Waals surface area contributed by atoms with Crippen molar-refractivity contribution in [1.82, 2.24) is 10.6 Å². The van der Waals surface area contributed by atoms with Crippen LogP contribution in [0, 0.1) is 17.2 Å². The lowest BCUT2D eigenvalue weighted by Gasteiger charge is -2.35. The van der Waals surface area contributed by atoms with E-state index in [1.807, 2.05) is 4.90 Å². The first-order valence-electron chi connectivity index (χ1n) is 11.4. The van der Waals surface area contributed by atoms with Crippen molar-refractivity contribution in [2.24, 2.45) is 16.6 Å². The van der Waals surface area contributed by atoms with Crippen LogP contribution in [0.15, 0.2) is 47.7 Å². The number of amides is 2. The summed E-state index contributed by atoms with van der Waals surface area (Å²) in [7, 11) is 1.32. The number of para-hydroxylation sites is 1. The minimum Gasteiger partial charge on any atom is -0.465 e. The molecule has 2 fully saturated rings. The molecule has 0 atom stereocenters. The minimum absolute atomic E-state index is 0.153. The number of piperidine rings is 1. The lowest BCUT2D eigenvalue weighted by Crippen LogP contribution is -2.51. The topological polar surface area (TPSA) is 150 Å². The van der Waals surface area contributed by atoms with E-state index in [-0.39, 0.29) is 17.4 Å². The number of nitrogens with zero attached hydrogens (tertiary/aromatic N) is 3. The summed E-state index contributed by atoms with van der Waals surface area (Å²) < 4.78 is 4.89. The fourth-order valence-electron chi connectivity index (χ4n) is 4.15. The van der Waals surface area contributed by atoms with E-state index in [9.17, 15) is 19.6 Å². The zero-order chi connectivity index (χ0) is 25.4. The SMILES string of the molecule is C=CN=C/C(=C\N)C(=O)NC1(C(=O)NCC2CCN(c3c(C#N)cccc3C(=O)OC)CC2)CC1. The summed E-state index contributed by atoms with van der Waals surface area (Å²) in [4.78, 5) is 43.3. The molecule has 0 aromatic heterocycles. The number of benzene rings is 1. The van der Waals surface area contributed by atoms with Crippen LogP contribution < -0.4 is 21.3 Å². The highest BCUT2D eigenvalue weighted by Crippen LogP contribution is 2.36. The Balaban J connectivity index is 1.55. The maximum Gasteiger partial charge on any atom is 0.340 e. The van der Waals surface area contributed by atoms with E-state index in [4.69, 9.17) is 10.5 Å². The molecule has 10 nitrogen and oxygen atoms in total. The number of hydrogen-bond donors (Lipinski definition) is 3. The quantitative estimate of drug-likeness (QED) is 0.276. The smallest absolute Gasteiger partial charge is 0.340 e. The number of esters is 1.